The summed E-state index contributed by atoms with van der Waals surface area (Å²) in [6, 6.07) is 5.14. The lowest BCUT2D eigenvalue weighted by Crippen LogP contribution is -2.33. The number of rotatable bonds is 4. The average Bonchev–Trinajstić information content (AvgIpc) is 2.49. The van der Waals surface area contributed by atoms with E-state index in [2.05, 4.69) is 4.98 Å². The van der Waals surface area contributed by atoms with Gasteiger partial charge in [-0.3, -0.25) is 9.59 Å². The molecule has 1 amide bonds. The highest BCUT2D eigenvalue weighted by atomic mass is 35.5. The highest BCUT2D eigenvalue weighted by molar-refractivity contribution is 6.31. The Morgan fingerprint density at radius 1 is 1.25 bits per heavy atom. The second-order valence-corrected chi connectivity index (χ2v) is 6.37. The average molecular weight is 348 g/mol. The van der Waals surface area contributed by atoms with Gasteiger partial charge in [0.2, 0.25) is 0 Å². The summed E-state index contributed by atoms with van der Waals surface area (Å²) in [5.41, 5.74) is 9.63. The van der Waals surface area contributed by atoms with Gasteiger partial charge in [-0.25, -0.2) is 0 Å². The van der Waals surface area contributed by atoms with E-state index in [0.29, 0.717) is 33.9 Å². The van der Waals surface area contributed by atoms with Crippen molar-refractivity contribution in [3.8, 4) is 0 Å². The van der Waals surface area contributed by atoms with Crippen LogP contribution in [0.2, 0.25) is 5.02 Å². The quantitative estimate of drug-likeness (QED) is 0.833. The molecule has 24 heavy (non-hydrogen) atoms. The van der Waals surface area contributed by atoms with E-state index >= 15 is 0 Å². The maximum Gasteiger partial charge on any atom is 0.254 e. The van der Waals surface area contributed by atoms with Crippen LogP contribution in [-0.4, -0.2) is 22.3 Å². The third-order valence-corrected chi connectivity index (χ3v) is 4.37. The first kappa shape index (κ1) is 18.1. The standard InChI is InChI=1S/C18H22ClN3O2/c1-5-22(9-15-10(2)6-11(3)21-17(15)23)18(24)14-7-13(19)8-16(20)12(14)4/h6-8H,5,9,20H2,1-4H3,(H,21,23). The Bertz CT molecular complexity index is 843. The highest BCUT2D eigenvalue weighted by Gasteiger charge is 2.20. The summed E-state index contributed by atoms with van der Waals surface area (Å²) in [4.78, 5) is 29.5. The van der Waals surface area contributed by atoms with E-state index in [1.807, 2.05) is 26.8 Å². The SMILES string of the molecule is CCN(Cc1c(C)cc(C)[nH]c1=O)C(=O)c1cc(Cl)cc(N)c1C. The van der Waals surface area contributed by atoms with Crippen LogP contribution >= 0.6 is 11.6 Å². The van der Waals surface area contributed by atoms with Gasteiger partial charge in [-0.15, -0.1) is 0 Å². The van der Waals surface area contributed by atoms with Gasteiger partial charge in [-0.1, -0.05) is 11.6 Å². The molecule has 0 aliphatic carbocycles. The van der Waals surface area contributed by atoms with Crippen molar-refractivity contribution >= 4 is 23.2 Å². The van der Waals surface area contributed by atoms with Crippen molar-refractivity contribution in [3.05, 3.63) is 61.5 Å². The molecule has 5 nitrogen and oxygen atoms in total. The monoisotopic (exact) mass is 347 g/mol. The number of amides is 1. The Morgan fingerprint density at radius 3 is 2.50 bits per heavy atom. The molecule has 0 fully saturated rings. The fourth-order valence-corrected chi connectivity index (χ4v) is 2.92. The topological polar surface area (TPSA) is 79.2 Å². The van der Waals surface area contributed by atoms with Crippen molar-refractivity contribution in [2.45, 2.75) is 34.2 Å². The number of H-pyrrole nitrogens is 1. The minimum atomic E-state index is -0.191. The number of carbonyl (C=O) groups is 1. The van der Waals surface area contributed by atoms with Gasteiger partial charge in [0, 0.05) is 34.1 Å². The molecule has 6 heteroatoms. The Labute approximate surface area is 146 Å². The van der Waals surface area contributed by atoms with E-state index < -0.39 is 0 Å². The normalized spacial score (nSPS) is 10.7. The van der Waals surface area contributed by atoms with Gasteiger partial charge in [0.05, 0.1) is 6.54 Å². The smallest absolute Gasteiger partial charge is 0.254 e. The van der Waals surface area contributed by atoms with Crippen molar-refractivity contribution in [1.29, 1.82) is 0 Å². The molecule has 0 bridgehead atoms. The molecule has 0 saturated carbocycles. The molecule has 0 radical (unpaired) electrons. The van der Waals surface area contributed by atoms with E-state index in [-0.39, 0.29) is 18.0 Å². The maximum atomic E-state index is 12.9. The number of nitrogens with zero attached hydrogens (tertiary/aromatic N) is 1. The number of nitrogens with two attached hydrogens (primary N) is 1. The number of aromatic amines is 1. The van der Waals surface area contributed by atoms with Crippen molar-refractivity contribution in [2.75, 3.05) is 12.3 Å². The first-order chi connectivity index (χ1) is 11.2. The Kier molecular flexibility index (Phi) is 5.34. The number of hydrogen-bond donors (Lipinski definition) is 2. The third kappa shape index (κ3) is 3.62. The number of aromatic nitrogens is 1. The van der Waals surface area contributed by atoms with Crippen LogP contribution in [0.3, 0.4) is 0 Å². The minimum Gasteiger partial charge on any atom is -0.398 e. The number of halogens is 1. The molecule has 1 heterocycles. The molecule has 0 aliphatic rings. The first-order valence-electron chi connectivity index (χ1n) is 7.78. The summed E-state index contributed by atoms with van der Waals surface area (Å²) in [7, 11) is 0. The van der Waals surface area contributed by atoms with Crippen LogP contribution in [0.1, 0.15) is 39.7 Å². The van der Waals surface area contributed by atoms with Gasteiger partial charge in [-0.2, -0.15) is 0 Å². The van der Waals surface area contributed by atoms with Crippen molar-refractivity contribution in [2.24, 2.45) is 0 Å². The van der Waals surface area contributed by atoms with Gasteiger partial charge in [-0.05, 0) is 57.0 Å². The van der Waals surface area contributed by atoms with Crippen molar-refractivity contribution < 1.29 is 4.79 Å². The fraction of sp³-hybridized carbons (Fsp3) is 0.333. The molecule has 0 atom stereocenters. The van der Waals surface area contributed by atoms with Gasteiger partial charge in [0.25, 0.3) is 11.5 Å². The molecule has 1 aromatic carbocycles. The maximum absolute atomic E-state index is 12.9. The molecule has 0 saturated heterocycles. The van der Waals surface area contributed by atoms with E-state index in [0.717, 1.165) is 11.3 Å². The van der Waals surface area contributed by atoms with Gasteiger partial charge >= 0.3 is 0 Å². The predicted octanol–water partition coefficient (Wildman–Crippen LogP) is 3.20. The number of benzene rings is 1. The molecule has 0 aliphatic heterocycles. The summed E-state index contributed by atoms with van der Waals surface area (Å²) < 4.78 is 0. The zero-order chi connectivity index (χ0) is 18.0. The Balaban J connectivity index is 2.40. The Morgan fingerprint density at radius 2 is 1.92 bits per heavy atom. The number of carbonyl (C=O) groups excluding carboxylic acids is 1. The molecule has 3 N–H and O–H groups in total. The number of nitrogens with one attached hydrogen (secondary N) is 1. The summed E-state index contributed by atoms with van der Waals surface area (Å²) in [5, 5.41) is 0.418. The number of anilines is 1. The molecular formula is C18H22ClN3O2. The van der Waals surface area contributed by atoms with Gasteiger partial charge in [0.1, 0.15) is 0 Å². The van der Waals surface area contributed by atoms with Crippen LogP contribution in [0.5, 0.6) is 0 Å². The number of hydrogen-bond acceptors (Lipinski definition) is 3. The largest absolute Gasteiger partial charge is 0.398 e. The van der Waals surface area contributed by atoms with Crippen molar-refractivity contribution in [1.82, 2.24) is 9.88 Å². The van der Waals surface area contributed by atoms with Crippen LogP contribution in [-0.2, 0) is 6.54 Å². The summed E-state index contributed by atoms with van der Waals surface area (Å²) >= 11 is 6.04. The van der Waals surface area contributed by atoms with Gasteiger partial charge in [0.15, 0.2) is 0 Å². The van der Waals surface area contributed by atoms with E-state index in [9.17, 15) is 9.59 Å². The van der Waals surface area contributed by atoms with E-state index in [1.54, 1.807) is 24.0 Å². The van der Waals surface area contributed by atoms with E-state index in [4.69, 9.17) is 17.3 Å². The second kappa shape index (κ2) is 7.09. The first-order valence-corrected chi connectivity index (χ1v) is 8.16. The molecule has 2 rings (SSSR count). The summed E-state index contributed by atoms with van der Waals surface area (Å²) in [6.45, 7) is 8.08. The molecule has 128 valence electrons. The van der Waals surface area contributed by atoms with Crippen LogP contribution in [0.25, 0.3) is 0 Å². The lowest BCUT2D eigenvalue weighted by Gasteiger charge is -2.23. The van der Waals surface area contributed by atoms with Crippen LogP contribution in [0, 0.1) is 20.8 Å². The number of pyridine rings is 1. The molecule has 1 aromatic heterocycles. The highest BCUT2D eigenvalue weighted by Crippen LogP contribution is 2.24. The number of nitrogen functional groups attached to an aromatic ring is 1. The van der Waals surface area contributed by atoms with Crippen molar-refractivity contribution in [3.63, 3.8) is 0 Å². The zero-order valence-electron chi connectivity index (χ0n) is 14.4. The lowest BCUT2D eigenvalue weighted by molar-refractivity contribution is 0.0751. The van der Waals surface area contributed by atoms with Crippen LogP contribution in [0.15, 0.2) is 23.0 Å². The molecule has 0 spiro atoms. The minimum absolute atomic E-state index is 0.166. The lowest BCUT2D eigenvalue weighted by atomic mass is 10.0. The van der Waals surface area contributed by atoms with Crippen LogP contribution in [0.4, 0.5) is 5.69 Å². The van der Waals surface area contributed by atoms with Crippen LogP contribution < -0.4 is 11.3 Å². The number of aryl methyl sites for hydroxylation is 2. The zero-order valence-corrected chi connectivity index (χ0v) is 15.1. The fourth-order valence-electron chi connectivity index (χ4n) is 2.69. The van der Waals surface area contributed by atoms with Gasteiger partial charge < -0.3 is 15.6 Å². The third-order valence-electron chi connectivity index (χ3n) is 4.15. The second-order valence-electron chi connectivity index (χ2n) is 5.93. The molecule has 2 aromatic rings. The summed E-state index contributed by atoms with van der Waals surface area (Å²) in [5.74, 6) is -0.191. The predicted molar refractivity (Wildman–Crippen MR) is 97.6 cm³/mol. The Hall–Kier alpha value is -2.27. The summed E-state index contributed by atoms with van der Waals surface area (Å²) in [6.07, 6.45) is 0. The molecular weight excluding hydrogens is 326 g/mol. The van der Waals surface area contributed by atoms with E-state index in [1.165, 1.54) is 0 Å². The molecule has 0 unspecified atom stereocenters.